The summed E-state index contributed by atoms with van der Waals surface area (Å²) in [5.74, 6) is -1.68. The van der Waals surface area contributed by atoms with E-state index >= 15 is 0 Å². The van der Waals surface area contributed by atoms with Crippen molar-refractivity contribution in [1.29, 1.82) is 0 Å². The Kier molecular flexibility index (Phi) is 5.61. The number of carbonyl (C=O) groups excluding carboxylic acids is 1. The van der Waals surface area contributed by atoms with Gasteiger partial charge in [0, 0.05) is 11.4 Å². The summed E-state index contributed by atoms with van der Waals surface area (Å²) in [7, 11) is 0. The molecule has 0 saturated carbocycles. The molecule has 1 amide bonds. The highest BCUT2D eigenvalue weighted by Gasteiger charge is 2.14. The third-order valence-corrected chi connectivity index (χ3v) is 2.73. The molecule has 6 heteroatoms. The molecule has 98 valence electrons. The molecule has 0 unspecified atom stereocenters. The van der Waals surface area contributed by atoms with Crippen LogP contribution in [0.3, 0.4) is 0 Å². The van der Waals surface area contributed by atoms with Gasteiger partial charge in [0.25, 0.3) is 0 Å². The van der Waals surface area contributed by atoms with Gasteiger partial charge >= 0.3 is 5.97 Å². The molecule has 0 spiro atoms. The fourth-order valence-electron chi connectivity index (χ4n) is 1.34. The zero-order chi connectivity index (χ0) is 13.5. The van der Waals surface area contributed by atoms with E-state index in [1.54, 1.807) is 12.1 Å². The minimum atomic E-state index is -1.57. The fraction of sp³-hybridized carbons (Fsp3) is 0.333. The molecular weight excluding hydrogens is 258 g/mol. The van der Waals surface area contributed by atoms with Crippen LogP contribution in [0, 0.1) is 0 Å². The predicted octanol–water partition coefficient (Wildman–Crippen LogP) is 0.834. The molecule has 0 saturated heterocycles. The van der Waals surface area contributed by atoms with Gasteiger partial charge in [-0.05, 0) is 18.1 Å². The molecule has 0 bridgehead atoms. The molecule has 0 aliphatic rings. The zero-order valence-electron chi connectivity index (χ0n) is 9.60. The standard InChI is InChI=1S/C12H14ClNO4/c13-9-4-2-1-3-8(9)5-6-11(16)14-7-10(15)12(17)18/h1-4,10,15H,5-7H2,(H,14,16)(H,17,18)/t10-/m0/s1. The summed E-state index contributed by atoms with van der Waals surface area (Å²) >= 11 is 5.93. The first-order valence-corrected chi connectivity index (χ1v) is 5.79. The average molecular weight is 272 g/mol. The Labute approximate surface area is 109 Å². The van der Waals surface area contributed by atoms with Crippen molar-refractivity contribution in [3.8, 4) is 0 Å². The molecule has 5 nitrogen and oxygen atoms in total. The maximum atomic E-state index is 11.4. The maximum absolute atomic E-state index is 11.4. The van der Waals surface area contributed by atoms with Crippen molar-refractivity contribution in [2.75, 3.05) is 6.54 Å². The number of hydrogen-bond donors (Lipinski definition) is 3. The van der Waals surface area contributed by atoms with E-state index in [0.717, 1.165) is 5.56 Å². The molecule has 0 aliphatic heterocycles. The van der Waals surface area contributed by atoms with E-state index in [1.807, 2.05) is 12.1 Å². The van der Waals surface area contributed by atoms with Crippen LogP contribution in [0.4, 0.5) is 0 Å². The van der Waals surface area contributed by atoms with Gasteiger partial charge in [-0.25, -0.2) is 4.79 Å². The molecule has 0 radical (unpaired) electrons. The highest BCUT2D eigenvalue weighted by atomic mass is 35.5. The van der Waals surface area contributed by atoms with Gasteiger partial charge in [0.2, 0.25) is 5.91 Å². The van der Waals surface area contributed by atoms with Gasteiger partial charge in [0.1, 0.15) is 0 Å². The SMILES string of the molecule is O=C(CCc1ccccc1Cl)NC[C@H](O)C(=O)O. The highest BCUT2D eigenvalue weighted by Crippen LogP contribution is 2.16. The number of carbonyl (C=O) groups is 2. The average Bonchev–Trinajstić information content (AvgIpc) is 2.34. The van der Waals surface area contributed by atoms with E-state index < -0.39 is 12.1 Å². The Morgan fingerprint density at radius 3 is 2.61 bits per heavy atom. The van der Waals surface area contributed by atoms with E-state index in [1.165, 1.54) is 0 Å². The van der Waals surface area contributed by atoms with Crippen LogP contribution in [0.25, 0.3) is 0 Å². The van der Waals surface area contributed by atoms with Gasteiger partial charge in [-0.2, -0.15) is 0 Å². The van der Waals surface area contributed by atoms with Gasteiger partial charge in [-0.15, -0.1) is 0 Å². The van der Waals surface area contributed by atoms with Gasteiger partial charge in [0.15, 0.2) is 6.10 Å². The van der Waals surface area contributed by atoms with Gasteiger partial charge in [0.05, 0.1) is 6.54 Å². The van der Waals surface area contributed by atoms with E-state index in [2.05, 4.69) is 5.32 Å². The minimum absolute atomic E-state index is 0.191. The lowest BCUT2D eigenvalue weighted by atomic mass is 10.1. The van der Waals surface area contributed by atoms with Crippen molar-refractivity contribution < 1.29 is 19.8 Å². The van der Waals surface area contributed by atoms with Gasteiger partial charge in [-0.3, -0.25) is 4.79 Å². The van der Waals surface area contributed by atoms with Gasteiger partial charge < -0.3 is 15.5 Å². The summed E-state index contributed by atoms with van der Waals surface area (Å²) in [6.45, 7) is -0.295. The van der Waals surface area contributed by atoms with E-state index in [9.17, 15) is 9.59 Å². The van der Waals surface area contributed by atoms with E-state index in [4.69, 9.17) is 21.8 Å². The number of halogens is 1. The second-order valence-corrected chi connectivity index (χ2v) is 4.16. The van der Waals surface area contributed by atoms with Crippen LogP contribution in [-0.4, -0.2) is 34.7 Å². The van der Waals surface area contributed by atoms with Crippen LogP contribution in [0.2, 0.25) is 5.02 Å². The lowest BCUT2D eigenvalue weighted by molar-refractivity contribution is -0.146. The number of aliphatic hydroxyl groups is 1. The lowest BCUT2D eigenvalue weighted by Crippen LogP contribution is -2.36. The number of benzene rings is 1. The molecule has 1 aromatic rings. The molecule has 3 N–H and O–H groups in total. The zero-order valence-corrected chi connectivity index (χ0v) is 10.4. The highest BCUT2D eigenvalue weighted by molar-refractivity contribution is 6.31. The first kappa shape index (κ1) is 14.5. The summed E-state index contributed by atoms with van der Waals surface area (Å²) in [4.78, 5) is 21.7. The topological polar surface area (TPSA) is 86.6 Å². The first-order chi connectivity index (χ1) is 8.50. The number of hydrogen-bond acceptors (Lipinski definition) is 3. The van der Waals surface area contributed by atoms with Crippen molar-refractivity contribution in [3.63, 3.8) is 0 Å². The number of nitrogens with one attached hydrogen (secondary N) is 1. The van der Waals surface area contributed by atoms with E-state index in [-0.39, 0.29) is 18.9 Å². The second kappa shape index (κ2) is 6.98. The third kappa shape index (κ3) is 4.73. The number of carboxylic acid groups (broad SMARTS) is 1. The Bertz CT molecular complexity index is 436. The predicted molar refractivity (Wildman–Crippen MR) is 66.4 cm³/mol. The summed E-state index contributed by atoms with van der Waals surface area (Å²) in [6, 6.07) is 7.19. The van der Waals surface area contributed by atoms with Crippen LogP contribution in [0.5, 0.6) is 0 Å². The molecule has 18 heavy (non-hydrogen) atoms. The lowest BCUT2D eigenvalue weighted by Gasteiger charge is -2.08. The Morgan fingerprint density at radius 2 is 2.00 bits per heavy atom. The third-order valence-electron chi connectivity index (χ3n) is 2.36. The summed E-state index contributed by atoms with van der Waals surface area (Å²) in [5, 5.41) is 20.3. The molecule has 1 rings (SSSR count). The number of aliphatic carboxylic acids is 1. The van der Waals surface area contributed by atoms with Crippen LogP contribution < -0.4 is 5.32 Å². The molecule has 0 aromatic heterocycles. The molecule has 0 fully saturated rings. The summed E-state index contributed by atoms with van der Waals surface area (Å²) in [6.07, 6.45) is -0.917. The largest absolute Gasteiger partial charge is 0.479 e. The number of amides is 1. The van der Waals surface area contributed by atoms with Crippen LogP contribution in [0.15, 0.2) is 24.3 Å². The van der Waals surface area contributed by atoms with Crippen molar-refractivity contribution in [3.05, 3.63) is 34.9 Å². The van der Waals surface area contributed by atoms with Crippen molar-refractivity contribution >= 4 is 23.5 Å². The molecule has 0 aliphatic carbocycles. The monoisotopic (exact) mass is 271 g/mol. The molecular formula is C12H14ClNO4. The smallest absolute Gasteiger partial charge is 0.334 e. The summed E-state index contributed by atoms with van der Waals surface area (Å²) < 4.78 is 0. The van der Waals surface area contributed by atoms with Crippen molar-refractivity contribution in [1.82, 2.24) is 5.32 Å². The van der Waals surface area contributed by atoms with Crippen molar-refractivity contribution in [2.45, 2.75) is 18.9 Å². The normalized spacial score (nSPS) is 11.9. The van der Waals surface area contributed by atoms with Crippen molar-refractivity contribution in [2.24, 2.45) is 0 Å². The second-order valence-electron chi connectivity index (χ2n) is 3.75. The van der Waals surface area contributed by atoms with Crippen LogP contribution in [-0.2, 0) is 16.0 Å². The van der Waals surface area contributed by atoms with Gasteiger partial charge in [-0.1, -0.05) is 29.8 Å². The number of carboxylic acids is 1. The van der Waals surface area contributed by atoms with Crippen LogP contribution in [0.1, 0.15) is 12.0 Å². The quantitative estimate of drug-likeness (QED) is 0.715. The fourth-order valence-corrected chi connectivity index (χ4v) is 1.57. The molecule has 1 aromatic carbocycles. The molecule has 1 atom stereocenters. The Balaban J connectivity index is 2.34. The number of aryl methyl sites for hydroxylation is 1. The first-order valence-electron chi connectivity index (χ1n) is 5.41. The minimum Gasteiger partial charge on any atom is -0.479 e. The Morgan fingerprint density at radius 1 is 1.33 bits per heavy atom. The Hall–Kier alpha value is -1.59. The number of rotatable bonds is 6. The molecule has 0 heterocycles. The maximum Gasteiger partial charge on any atom is 0.334 e. The van der Waals surface area contributed by atoms with Crippen LogP contribution >= 0.6 is 11.6 Å². The summed E-state index contributed by atoms with van der Waals surface area (Å²) in [5.41, 5.74) is 0.855. The van der Waals surface area contributed by atoms with E-state index in [0.29, 0.717) is 11.4 Å². The number of aliphatic hydroxyl groups excluding tert-OH is 1.